The highest BCUT2D eigenvalue weighted by atomic mass is 19.4. The van der Waals surface area contributed by atoms with E-state index in [9.17, 15) is 18.0 Å². The first-order valence-corrected chi connectivity index (χ1v) is 8.49. The van der Waals surface area contributed by atoms with Gasteiger partial charge in [-0.15, -0.1) is 13.2 Å². The van der Waals surface area contributed by atoms with Gasteiger partial charge in [0.2, 0.25) is 0 Å². The number of hydrogen-bond acceptors (Lipinski definition) is 4. The highest BCUT2D eigenvalue weighted by Crippen LogP contribution is 2.33. The third kappa shape index (κ3) is 6.79. The van der Waals surface area contributed by atoms with Gasteiger partial charge in [-0.1, -0.05) is 6.08 Å². The second-order valence-electron chi connectivity index (χ2n) is 6.27. The first-order chi connectivity index (χ1) is 12.4. The lowest BCUT2D eigenvalue weighted by Crippen LogP contribution is -2.25. The van der Waals surface area contributed by atoms with Gasteiger partial charge in [0.1, 0.15) is 11.5 Å². The Labute approximate surface area is 150 Å². The van der Waals surface area contributed by atoms with Gasteiger partial charge in [0.15, 0.2) is 0 Å². The zero-order valence-electron chi connectivity index (χ0n) is 14.2. The van der Waals surface area contributed by atoms with Crippen LogP contribution in [0.15, 0.2) is 36.4 Å². The monoisotopic (exact) mass is 367 g/mol. The minimum absolute atomic E-state index is 0.188. The van der Waals surface area contributed by atoms with E-state index < -0.39 is 6.36 Å². The zero-order valence-corrected chi connectivity index (χ0v) is 14.2. The number of carbonyl (C=O) groups excluding carboxylic acids is 1. The molecule has 7 heteroatoms. The van der Waals surface area contributed by atoms with Gasteiger partial charge in [0.25, 0.3) is 0 Å². The Bertz CT molecular complexity index is 654. The lowest BCUT2D eigenvalue weighted by Gasteiger charge is -2.26. The molecule has 0 amide bonds. The molecular formula is C19H20F3NO3. The van der Waals surface area contributed by atoms with Gasteiger partial charge in [0, 0.05) is 6.08 Å². The molecule has 0 unspecified atom stereocenters. The van der Waals surface area contributed by atoms with E-state index in [1.165, 1.54) is 18.2 Å². The van der Waals surface area contributed by atoms with E-state index in [4.69, 9.17) is 10.00 Å². The molecule has 0 radical (unpaired) electrons. The van der Waals surface area contributed by atoms with Gasteiger partial charge in [-0.3, -0.25) is 4.79 Å². The van der Waals surface area contributed by atoms with Crippen molar-refractivity contribution in [2.24, 2.45) is 11.8 Å². The van der Waals surface area contributed by atoms with Crippen LogP contribution in [0.2, 0.25) is 0 Å². The predicted octanol–water partition coefficient (Wildman–Crippen LogP) is 5.16. The summed E-state index contributed by atoms with van der Waals surface area (Å²) < 4.78 is 45.4. The van der Waals surface area contributed by atoms with Crippen LogP contribution in [0.4, 0.5) is 13.2 Å². The SMILES string of the molecule is N#CC=CCCC1CCC(C(=O)Oc2ccc(OC(F)(F)F)cc2)CC1. The number of alkyl halides is 3. The minimum atomic E-state index is -4.75. The molecule has 1 saturated carbocycles. The molecule has 0 saturated heterocycles. The molecule has 1 aromatic rings. The molecule has 1 aliphatic carbocycles. The van der Waals surface area contributed by atoms with Gasteiger partial charge in [0.05, 0.1) is 12.0 Å². The quantitative estimate of drug-likeness (QED) is 0.396. The smallest absolute Gasteiger partial charge is 0.426 e. The van der Waals surface area contributed by atoms with Crippen molar-refractivity contribution in [3.05, 3.63) is 36.4 Å². The van der Waals surface area contributed by atoms with Crippen molar-refractivity contribution in [1.82, 2.24) is 0 Å². The van der Waals surface area contributed by atoms with Crippen LogP contribution in [-0.2, 0) is 4.79 Å². The maximum absolute atomic E-state index is 12.2. The summed E-state index contributed by atoms with van der Waals surface area (Å²) >= 11 is 0. The van der Waals surface area contributed by atoms with Crippen LogP contribution in [0, 0.1) is 23.2 Å². The van der Waals surface area contributed by atoms with E-state index in [1.54, 1.807) is 0 Å². The van der Waals surface area contributed by atoms with Crippen molar-refractivity contribution >= 4 is 5.97 Å². The highest BCUT2D eigenvalue weighted by molar-refractivity contribution is 5.75. The number of allylic oxidation sites excluding steroid dienone is 2. The molecule has 0 spiro atoms. The minimum Gasteiger partial charge on any atom is -0.426 e. The summed E-state index contributed by atoms with van der Waals surface area (Å²) in [7, 11) is 0. The van der Waals surface area contributed by atoms with Crippen LogP contribution in [0.25, 0.3) is 0 Å². The van der Waals surface area contributed by atoms with Crippen LogP contribution in [0.3, 0.4) is 0 Å². The molecule has 140 valence electrons. The second-order valence-corrected chi connectivity index (χ2v) is 6.27. The normalized spacial score (nSPS) is 20.5. The fourth-order valence-corrected chi connectivity index (χ4v) is 3.06. The summed E-state index contributed by atoms with van der Waals surface area (Å²) in [4.78, 5) is 12.2. The maximum atomic E-state index is 12.2. The fourth-order valence-electron chi connectivity index (χ4n) is 3.06. The lowest BCUT2D eigenvalue weighted by molar-refractivity contribution is -0.274. The number of hydrogen-bond donors (Lipinski definition) is 0. The first kappa shape index (κ1) is 19.8. The largest absolute Gasteiger partial charge is 0.573 e. The van der Waals surface area contributed by atoms with Crippen LogP contribution >= 0.6 is 0 Å². The van der Waals surface area contributed by atoms with Gasteiger partial charge in [-0.25, -0.2) is 0 Å². The summed E-state index contributed by atoms with van der Waals surface area (Å²) in [5.74, 6) is -0.151. The molecule has 1 aliphatic rings. The topological polar surface area (TPSA) is 59.3 Å². The molecule has 4 nitrogen and oxygen atoms in total. The van der Waals surface area contributed by atoms with Crippen LogP contribution in [0.5, 0.6) is 11.5 Å². The average molecular weight is 367 g/mol. The van der Waals surface area contributed by atoms with E-state index in [2.05, 4.69) is 4.74 Å². The number of nitrogens with zero attached hydrogens (tertiary/aromatic N) is 1. The predicted molar refractivity (Wildman–Crippen MR) is 88.2 cm³/mol. The average Bonchev–Trinajstić information content (AvgIpc) is 2.60. The van der Waals surface area contributed by atoms with E-state index in [-0.39, 0.29) is 23.4 Å². The fraction of sp³-hybridized carbons (Fsp3) is 0.474. The van der Waals surface area contributed by atoms with E-state index in [1.807, 2.05) is 12.1 Å². The summed E-state index contributed by atoms with van der Waals surface area (Å²) in [6.45, 7) is 0. The van der Waals surface area contributed by atoms with Gasteiger partial charge in [-0.2, -0.15) is 5.26 Å². The number of rotatable bonds is 6. The number of nitriles is 1. The number of esters is 1. The van der Waals surface area contributed by atoms with E-state index >= 15 is 0 Å². The van der Waals surface area contributed by atoms with Gasteiger partial charge in [-0.05, 0) is 68.7 Å². The van der Waals surface area contributed by atoms with Crippen molar-refractivity contribution in [3.8, 4) is 17.6 Å². The molecule has 0 N–H and O–H groups in total. The van der Waals surface area contributed by atoms with Crippen molar-refractivity contribution in [2.45, 2.75) is 44.9 Å². The Kier molecular flexibility index (Phi) is 7.07. The number of benzene rings is 1. The highest BCUT2D eigenvalue weighted by Gasteiger charge is 2.31. The third-order valence-electron chi connectivity index (χ3n) is 4.39. The third-order valence-corrected chi connectivity index (χ3v) is 4.39. The first-order valence-electron chi connectivity index (χ1n) is 8.49. The number of ether oxygens (including phenoxy) is 2. The molecule has 0 aromatic heterocycles. The summed E-state index contributed by atoms with van der Waals surface area (Å²) in [5, 5.41) is 8.44. The van der Waals surface area contributed by atoms with Gasteiger partial charge >= 0.3 is 12.3 Å². The molecule has 0 atom stereocenters. The zero-order chi connectivity index (χ0) is 19.0. The Morgan fingerprint density at radius 3 is 2.35 bits per heavy atom. The van der Waals surface area contributed by atoms with E-state index in [0.717, 1.165) is 50.7 Å². The molecule has 1 aromatic carbocycles. The Balaban J connectivity index is 1.77. The van der Waals surface area contributed by atoms with Crippen LogP contribution in [0.1, 0.15) is 38.5 Å². The van der Waals surface area contributed by atoms with Crippen molar-refractivity contribution in [3.63, 3.8) is 0 Å². The molecule has 0 bridgehead atoms. The molecular weight excluding hydrogens is 347 g/mol. The summed E-state index contributed by atoms with van der Waals surface area (Å²) in [5.41, 5.74) is 0. The van der Waals surface area contributed by atoms with Gasteiger partial charge < -0.3 is 9.47 Å². The molecule has 1 fully saturated rings. The Morgan fingerprint density at radius 1 is 1.15 bits per heavy atom. The van der Waals surface area contributed by atoms with Crippen molar-refractivity contribution in [1.29, 1.82) is 5.26 Å². The summed E-state index contributed by atoms with van der Waals surface area (Å²) in [6, 6.07) is 6.75. The number of halogens is 3. The van der Waals surface area contributed by atoms with Crippen molar-refractivity contribution in [2.75, 3.05) is 0 Å². The van der Waals surface area contributed by atoms with Crippen LogP contribution in [-0.4, -0.2) is 12.3 Å². The molecule has 26 heavy (non-hydrogen) atoms. The summed E-state index contributed by atoms with van der Waals surface area (Å²) in [6.07, 6.45) is 3.78. The molecule has 0 aliphatic heterocycles. The Hall–Kier alpha value is -2.49. The second kappa shape index (κ2) is 9.27. The van der Waals surface area contributed by atoms with E-state index in [0.29, 0.717) is 5.92 Å². The Morgan fingerprint density at radius 2 is 1.77 bits per heavy atom. The molecule has 2 rings (SSSR count). The standard InChI is InChI=1S/C19H20F3NO3/c20-19(21,22)26-17-11-9-16(10-12-17)25-18(24)15-7-5-14(6-8-15)4-2-1-3-13-23/h1,3,9-12,14-15H,2,4-8H2. The van der Waals surface area contributed by atoms with Crippen LogP contribution < -0.4 is 9.47 Å². The molecule has 0 heterocycles. The van der Waals surface area contributed by atoms with Crippen molar-refractivity contribution < 1.29 is 27.4 Å². The number of carbonyl (C=O) groups is 1. The maximum Gasteiger partial charge on any atom is 0.573 e. The lowest BCUT2D eigenvalue weighted by atomic mass is 9.80.